The van der Waals surface area contributed by atoms with Crippen molar-refractivity contribution in [2.24, 2.45) is 11.0 Å². The first-order chi connectivity index (χ1) is 8.54. The fourth-order valence-electron chi connectivity index (χ4n) is 1.68. The third-order valence-electron chi connectivity index (χ3n) is 2.94. The van der Waals surface area contributed by atoms with Gasteiger partial charge in [0, 0.05) is 33.0 Å². The number of rotatable bonds is 6. The molecule has 0 saturated carbocycles. The zero-order chi connectivity index (χ0) is 13.5. The molecule has 1 heterocycles. The highest BCUT2D eigenvalue weighted by molar-refractivity contribution is 6.39. The molecular formula is C12H21N3O3. The predicted octanol–water partition coefficient (Wildman–Crippen LogP) is 0.119. The van der Waals surface area contributed by atoms with Crippen LogP contribution in [0, 0.1) is 5.92 Å². The van der Waals surface area contributed by atoms with Gasteiger partial charge < -0.3 is 10.4 Å². The van der Waals surface area contributed by atoms with Crippen molar-refractivity contribution >= 4 is 17.5 Å². The van der Waals surface area contributed by atoms with Crippen molar-refractivity contribution in [2.45, 2.75) is 32.6 Å². The molecule has 18 heavy (non-hydrogen) atoms. The van der Waals surface area contributed by atoms with E-state index in [0.717, 1.165) is 12.8 Å². The minimum absolute atomic E-state index is 0.0664. The van der Waals surface area contributed by atoms with Gasteiger partial charge in [-0.15, -0.1) is 0 Å². The Labute approximate surface area is 107 Å². The van der Waals surface area contributed by atoms with Crippen LogP contribution in [0.15, 0.2) is 5.10 Å². The van der Waals surface area contributed by atoms with Gasteiger partial charge in [0.2, 0.25) is 5.91 Å². The highest BCUT2D eigenvalue weighted by Gasteiger charge is 2.21. The van der Waals surface area contributed by atoms with Crippen molar-refractivity contribution in [2.75, 3.05) is 20.2 Å². The molecule has 1 atom stereocenters. The summed E-state index contributed by atoms with van der Waals surface area (Å²) in [6, 6.07) is 0. The average molecular weight is 255 g/mol. The lowest BCUT2D eigenvalue weighted by molar-refractivity contribution is -0.130. The Kier molecular flexibility index (Phi) is 5.77. The summed E-state index contributed by atoms with van der Waals surface area (Å²) < 4.78 is 0. The van der Waals surface area contributed by atoms with Crippen LogP contribution >= 0.6 is 0 Å². The Morgan fingerprint density at radius 1 is 1.56 bits per heavy atom. The lowest BCUT2D eigenvalue weighted by Crippen LogP contribution is -2.38. The summed E-state index contributed by atoms with van der Waals surface area (Å²) in [5, 5.41) is 16.8. The van der Waals surface area contributed by atoms with Gasteiger partial charge in [-0.2, -0.15) is 5.10 Å². The maximum absolute atomic E-state index is 11.7. The third kappa shape index (κ3) is 4.44. The maximum Gasteiger partial charge on any atom is 0.267 e. The van der Waals surface area contributed by atoms with Crippen molar-refractivity contribution in [1.82, 2.24) is 10.3 Å². The van der Waals surface area contributed by atoms with Gasteiger partial charge in [0.25, 0.3) is 5.91 Å². The minimum atomic E-state index is -0.203. The summed E-state index contributed by atoms with van der Waals surface area (Å²) in [5.41, 5.74) is 0.410. The van der Waals surface area contributed by atoms with E-state index in [4.69, 9.17) is 5.11 Å². The van der Waals surface area contributed by atoms with Gasteiger partial charge in [0.05, 0.1) is 0 Å². The van der Waals surface area contributed by atoms with Crippen LogP contribution in [-0.4, -0.2) is 47.8 Å². The molecule has 1 aliphatic rings. The van der Waals surface area contributed by atoms with Crippen molar-refractivity contribution in [1.29, 1.82) is 0 Å². The first kappa shape index (κ1) is 14.6. The normalized spacial score (nSPS) is 17.4. The first-order valence-electron chi connectivity index (χ1n) is 6.27. The van der Waals surface area contributed by atoms with Gasteiger partial charge in [-0.05, 0) is 18.8 Å². The van der Waals surface area contributed by atoms with Crippen molar-refractivity contribution in [3.63, 3.8) is 0 Å². The van der Waals surface area contributed by atoms with Crippen molar-refractivity contribution < 1.29 is 14.7 Å². The van der Waals surface area contributed by atoms with Crippen molar-refractivity contribution in [3.05, 3.63) is 0 Å². The summed E-state index contributed by atoms with van der Waals surface area (Å²) in [6.07, 6.45) is 2.45. The van der Waals surface area contributed by atoms with Gasteiger partial charge in [0.15, 0.2) is 0 Å². The van der Waals surface area contributed by atoms with Crippen molar-refractivity contribution in [3.8, 4) is 0 Å². The summed E-state index contributed by atoms with van der Waals surface area (Å²) in [4.78, 5) is 22.9. The number of hydrogen-bond acceptors (Lipinski definition) is 4. The number of nitrogens with zero attached hydrogens (tertiary/aromatic N) is 2. The van der Waals surface area contributed by atoms with Gasteiger partial charge in [0.1, 0.15) is 5.71 Å². The minimum Gasteiger partial charge on any atom is -0.396 e. The number of aliphatic hydroxyl groups is 1. The van der Waals surface area contributed by atoms with E-state index in [9.17, 15) is 9.59 Å². The largest absolute Gasteiger partial charge is 0.396 e. The molecular weight excluding hydrogens is 234 g/mol. The van der Waals surface area contributed by atoms with Gasteiger partial charge in [-0.25, -0.2) is 5.01 Å². The van der Waals surface area contributed by atoms with E-state index in [2.05, 4.69) is 10.4 Å². The molecule has 2 N–H and O–H groups in total. The lowest BCUT2D eigenvalue weighted by atomic mass is 10.1. The van der Waals surface area contributed by atoms with E-state index < -0.39 is 0 Å². The molecule has 2 amide bonds. The molecule has 102 valence electrons. The third-order valence-corrected chi connectivity index (χ3v) is 2.94. The molecule has 0 bridgehead atoms. The van der Waals surface area contributed by atoms with Crippen LogP contribution in [0.4, 0.5) is 0 Å². The zero-order valence-electron chi connectivity index (χ0n) is 11.0. The van der Waals surface area contributed by atoms with E-state index >= 15 is 0 Å². The monoisotopic (exact) mass is 255 g/mol. The quantitative estimate of drug-likeness (QED) is 0.661. The molecule has 0 spiro atoms. The number of carbonyl (C=O) groups excluding carboxylic acids is 2. The molecule has 0 aromatic heterocycles. The molecule has 1 unspecified atom stereocenters. The fourth-order valence-corrected chi connectivity index (χ4v) is 1.68. The number of carbonyl (C=O) groups is 2. The Bertz CT molecular complexity index is 341. The summed E-state index contributed by atoms with van der Waals surface area (Å²) in [5.74, 6) is -0.00741. The molecule has 1 rings (SSSR count). The number of hydrogen-bond donors (Lipinski definition) is 2. The van der Waals surface area contributed by atoms with Crippen LogP contribution in [0.25, 0.3) is 0 Å². The van der Waals surface area contributed by atoms with E-state index in [1.54, 1.807) is 7.05 Å². The summed E-state index contributed by atoms with van der Waals surface area (Å²) >= 11 is 0. The van der Waals surface area contributed by atoms with E-state index in [1.165, 1.54) is 5.01 Å². The Hall–Kier alpha value is -1.43. The molecule has 6 nitrogen and oxygen atoms in total. The fraction of sp³-hybridized carbons (Fsp3) is 0.750. The Morgan fingerprint density at radius 3 is 2.89 bits per heavy atom. The molecule has 0 aromatic rings. The predicted molar refractivity (Wildman–Crippen MR) is 67.9 cm³/mol. The average Bonchev–Trinajstić information content (AvgIpc) is 2.37. The standard InChI is InChI=1S/C12H21N3O3/c1-9(8-16)4-3-7-13-12(18)10-5-6-11(17)15(2)14-10/h9,16H,3-8H2,1-2H3,(H,13,18). The molecule has 0 fully saturated rings. The number of nitrogens with one attached hydrogen (secondary N) is 1. The Balaban J connectivity index is 2.29. The SMILES string of the molecule is CC(CO)CCCNC(=O)C1=NN(C)C(=O)CC1. The second-order valence-electron chi connectivity index (χ2n) is 4.65. The molecule has 1 aliphatic heterocycles. The topological polar surface area (TPSA) is 82.0 Å². The van der Waals surface area contributed by atoms with Gasteiger partial charge >= 0.3 is 0 Å². The van der Waals surface area contributed by atoms with Gasteiger partial charge in [-0.1, -0.05) is 6.92 Å². The highest BCUT2D eigenvalue weighted by Crippen LogP contribution is 2.07. The van der Waals surface area contributed by atoms with Crippen LogP contribution in [-0.2, 0) is 9.59 Å². The molecule has 0 aliphatic carbocycles. The first-order valence-corrected chi connectivity index (χ1v) is 6.27. The van der Waals surface area contributed by atoms with E-state index in [-0.39, 0.29) is 24.3 Å². The van der Waals surface area contributed by atoms with Crippen LogP contribution < -0.4 is 5.32 Å². The molecule has 0 radical (unpaired) electrons. The lowest BCUT2D eigenvalue weighted by Gasteiger charge is -2.19. The molecule has 0 aromatic carbocycles. The number of amides is 2. The van der Waals surface area contributed by atoms with E-state index in [0.29, 0.717) is 25.1 Å². The summed E-state index contributed by atoms with van der Waals surface area (Å²) in [6.45, 7) is 2.71. The number of aliphatic hydroxyl groups excluding tert-OH is 1. The second kappa shape index (κ2) is 7.10. The molecule has 0 saturated heterocycles. The second-order valence-corrected chi connectivity index (χ2v) is 4.65. The zero-order valence-corrected chi connectivity index (χ0v) is 11.0. The number of hydrazone groups is 1. The van der Waals surface area contributed by atoms with Crippen LogP contribution in [0.1, 0.15) is 32.6 Å². The van der Waals surface area contributed by atoms with Crippen LogP contribution in [0.3, 0.4) is 0 Å². The van der Waals surface area contributed by atoms with Gasteiger partial charge in [-0.3, -0.25) is 9.59 Å². The molecule has 6 heteroatoms. The smallest absolute Gasteiger partial charge is 0.267 e. The van der Waals surface area contributed by atoms with Crippen LogP contribution in [0.2, 0.25) is 0 Å². The summed E-state index contributed by atoms with van der Waals surface area (Å²) in [7, 11) is 1.55. The Morgan fingerprint density at radius 2 is 2.28 bits per heavy atom. The van der Waals surface area contributed by atoms with Crippen LogP contribution in [0.5, 0.6) is 0 Å². The highest BCUT2D eigenvalue weighted by atomic mass is 16.3. The maximum atomic E-state index is 11.7. The van der Waals surface area contributed by atoms with E-state index in [1.807, 2.05) is 6.92 Å².